The zero-order valence-electron chi connectivity index (χ0n) is 16.5. The first-order chi connectivity index (χ1) is 14.3. The molecule has 0 saturated heterocycles. The number of benzene rings is 2. The van der Waals surface area contributed by atoms with E-state index in [9.17, 15) is 18.0 Å². The van der Waals surface area contributed by atoms with Gasteiger partial charge in [0.15, 0.2) is 0 Å². The molecule has 30 heavy (non-hydrogen) atoms. The molecule has 1 saturated carbocycles. The number of carbonyl (C=O) groups is 1. The van der Waals surface area contributed by atoms with E-state index in [1.54, 1.807) is 23.0 Å². The first-order valence-electron chi connectivity index (χ1n) is 9.85. The highest BCUT2D eigenvalue weighted by Crippen LogP contribution is 2.37. The minimum atomic E-state index is -4.44. The molecule has 1 aliphatic carbocycles. The fraction of sp³-hybridized carbons (Fsp3) is 0.364. The summed E-state index contributed by atoms with van der Waals surface area (Å²) in [6.07, 6.45) is 1.45. The molecule has 5 nitrogen and oxygen atoms in total. The van der Waals surface area contributed by atoms with Gasteiger partial charge in [0.1, 0.15) is 12.3 Å². The second-order valence-electron chi connectivity index (χ2n) is 7.54. The van der Waals surface area contributed by atoms with E-state index in [0.29, 0.717) is 16.6 Å². The Bertz CT molecular complexity index is 1070. The molecular weight excluding hydrogens is 395 g/mol. The Labute approximate surface area is 171 Å². The summed E-state index contributed by atoms with van der Waals surface area (Å²) < 4.78 is 46.0. The van der Waals surface area contributed by atoms with Crippen molar-refractivity contribution in [1.29, 1.82) is 0 Å². The number of fused-ring (bicyclic) bond motifs is 1. The molecule has 1 heterocycles. The molecular formula is C22H22F3N3O2. The van der Waals surface area contributed by atoms with Crippen LogP contribution in [0, 0.1) is 0 Å². The van der Waals surface area contributed by atoms with E-state index in [1.165, 1.54) is 13.2 Å². The van der Waals surface area contributed by atoms with Crippen molar-refractivity contribution in [1.82, 2.24) is 14.9 Å². The van der Waals surface area contributed by atoms with E-state index < -0.39 is 11.7 Å². The van der Waals surface area contributed by atoms with E-state index in [1.807, 2.05) is 6.07 Å². The van der Waals surface area contributed by atoms with E-state index >= 15 is 0 Å². The van der Waals surface area contributed by atoms with Crippen LogP contribution in [0.2, 0.25) is 0 Å². The standard InChI is InChI=1S/C22H22F3N3O2/c1-30-20-11-15(22(23,24)25)7-8-17(20)14-6-9-18-19(10-14)28(13-26-18)12-21(29)27-16-4-2-3-5-16/h6-11,13,16H,2-5,12H2,1H3,(H,27,29). The molecule has 4 rings (SSSR count). The second-order valence-corrected chi connectivity index (χ2v) is 7.54. The lowest BCUT2D eigenvalue weighted by molar-refractivity contribution is -0.137. The fourth-order valence-corrected chi connectivity index (χ4v) is 3.95. The van der Waals surface area contributed by atoms with Gasteiger partial charge in [0.2, 0.25) is 5.91 Å². The smallest absolute Gasteiger partial charge is 0.416 e. The Morgan fingerprint density at radius 2 is 1.97 bits per heavy atom. The van der Waals surface area contributed by atoms with Crippen LogP contribution in [0.5, 0.6) is 5.75 Å². The van der Waals surface area contributed by atoms with Crippen molar-refractivity contribution in [2.45, 2.75) is 44.4 Å². The molecule has 1 aliphatic rings. The minimum absolute atomic E-state index is 0.0706. The average molecular weight is 417 g/mol. The number of nitrogens with zero attached hydrogens (tertiary/aromatic N) is 2. The van der Waals surface area contributed by atoms with Gasteiger partial charge in [0.25, 0.3) is 0 Å². The monoisotopic (exact) mass is 417 g/mol. The molecule has 0 unspecified atom stereocenters. The maximum absolute atomic E-state index is 13.0. The van der Waals surface area contributed by atoms with Gasteiger partial charge in [-0.2, -0.15) is 13.2 Å². The summed E-state index contributed by atoms with van der Waals surface area (Å²) in [5.41, 5.74) is 1.90. The Kier molecular flexibility index (Phi) is 5.40. The number of nitrogens with one attached hydrogen (secondary N) is 1. The van der Waals surface area contributed by atoms with Crippen LogP contribution in [0.4, 0.5) is 13.2 Å². The third kappa shape index (κ3) is 4.13. The summed E-state index contributed by atoms with van der Waals surface area (Å²) in [4.78, 5) is 16.7. The first-order valence-corrected chi connectivity index (χ1v) is 9.85. The van der Waals surface area contributed by atoms with Gasteiger partial charge in [0, 0.05) is 11.6 Å². The number of methoxy groups -OCH3 is 1. The quantitative estimate of drug-likeness (QED) is 0.650. The number of imidazole rings is 1. The van der Waals surface area contributed by atoms with Gasteiger partial charge < -0.3 is 14.6 Å². The summed E-state index contributed by atoms with van der Waals surface area (Å²) in [5, 5.41) is 3.05. The van der Waals surface area contributed by atoms with Gasteiger partial charge in [-0.3, -0.25) is 4.79 Å². The van der Waals surface area contributed by atoms with Crippen molar-refractivity contribution in [2.24, 2.45) is 0 Å². The van der Waals surface area contributed by atoms with Gasteiger partial charge in [0.05, 0.1) is 30.0 Å². The number of hydrogen-bond acceptors (Lipinski definition) is 3. The highest BCUT2D eigenvalue weighted by molar-refractivity contribution is 5.85. The van der Waals surface area contributed by atoms with Crippen LogP contribution >= 0.6 is 0 Å². The van der Waals surface area contributed by atoms with Crippen molar-refractivity contribution in [3.05, 3.63) is 48.3 Å². The minimum Gasteiger partial charge on any atom is -0.496 e. The molecule has 0 bridgehead atoms. The molecule has 2 aromatic carbocycles. The Hall–Kier alpha value is -3.03. The Morgan fingerprint density at radius 3 is 2.67 bits per heavy atom. The first kappa shape index (κ1) is 20.3. The summed E-state index contributed by atoms with van der Waals surface area (Å²) in [6, 6.07) is 9.04. The maximum atomic E-state index is 13.0. The van der Waals surface area contributed by atoms with Gasteiger partial charge in [-0.05, 0) is 42.7 Å². The van der Waals surface area contributed by atoms with Gasteiger partial charge in [-0.15, -0.1) is 0 Å². The maximum Gasteiger partial charge on any atom is 0.416 e. The molecule has 3 aromatic rings. The summed E-state index contributed by atoms with van der Waals surface area (Å²) in [5.74, 6) is 0.0629. The topological polar surface area (TPSA) is 56.2 Å². The van der Waals surface area contributed by atoms with Gasteiger partial charge in [-0.25, -0.2) is 4.98 Å². The van der Waals surface area contributed by atoms with E-state index in [2.05, 4.69) is 10.3 Å². The van der Waals surface area contributed by atoms with Crippen molar-refractivity contribution in [2.75, 3.05) is 7.11 Å². The molecule has 1 amide bonds. The number of hydrogen-bond donors (Lipinski definition) is 1. The van der Waals surface area contributed by atoms with E-state index in [4.69, 9.17) is 4.74 Å². The predicted octanol–water partition coefficient (Wildman–Crippen LogP) is 4.79. The normalized spacial score (nSPS) is 14.9. The highest BCUT2D eigenvalue weighted by atomic mass is 19.4. The SMILES string of the molecule is COc1cc(C(F)(F)F)ccc1-c1ccc2ncn(CC(=O)NC3CCCC3)c2c1. The lowest BCUT2D eigenvalue weighted by Gasteiger charge is -2.14. The average Bonchev–Trinajstić information content (AvgIpc) is 3.36. The Morgan fingerprint density at radius 1 is 1.20 bits per heavy atom. The number of ether oxygens (including phenoxy) is 1. The zero-order valence-corrected chi connectivity index (χ0v) is 16.5. The third-order valence-corrected chi connectivity index (χ3v) is 5.50. The number of amides is 1. The van der Waals surface area contributed by atoms with Gasteiger partial charge in [-0.1, -0.05) is 25.0 Å². The number of alkyl halides is 3. The van der Waals surface area contributed by atoms with Crippen LogP contribution in [0.25, 0.3) is 22.2 Å². The molecule has 1 aromatic heterocycles. The van der Waals surface area contributed by atoms with Crippen LogP contribution in [0.3, 0.4) is 0 Å². The van der Waals surface area contributed by atoms with Crippen molar-refractivity contribution in [3.63, 3.8) is 0 Å². The van der Waals surface area contributed by atoms with Crippen LogP contribution in [-0.2, 0) is 17.5 Å². The molecule has 8 heteroatoms. The lowest BCUT2D eigenvalue weighted by atomic mass is 10.0. The van der Waals surface area contributed by atoms with Crippen LogP contribution < -0.4 is 10.1 Å². The zero-order chi connectivity index (χ0) is 21.3. The van der Waals surface area contributed by atoms with Crippen molar-refractivity contribution in [3.8, 4) is 16.9 Å². The summed E-state index contributed by atoms with van der Waals surface area (Å²) in [7, 11) is 1.34. The summed E-state index contributed by atoms with van der Waals surface area (Å²) in [6.45, 7) is 0.139. The van der Waals surface area contributed by atoms with Crippen molar-refractivity contribution < 1.29 is 22.7 Å². The highest BCUT2D eigenvalue weighted by Gasteiger charge is 2.31. The van der Waals surface area contributed by atoms with E-state index in [0.717, 1.165) is 43.3 Å². The largest absolute Gasteiger partial charge is 0.496 e. The van der Waals surface area contributed by atoms with Crippen LogP contribution in [-0.4, -0.2) is 28.6 Å². The Balaban J connectivity index is 1.63. The number of carbonyl (C=O) groups excluding carboxylic acids is 1. The molecule has 0 aliphatic heterocycles. The molecule has 0 radical (unpaired) electrons. The number of rotatable bonds is 5. The molecule has 158 valence electrons. The second kappa shape index (κ2) is 8.01. The van der Waals surface area contributed by atoms with Gasteiger partial charge >= 0.3 is 6.18 Å². The van der Waals surface area contributed by atoms with E-state index in [-0.39, 0.29) is 24.2 Å². The summed E-state index contributed by atoms with van der Waals surface area (Å²) >= 11 is 0. The predicted molar refractivity (Wildman–Crippen MR) is 107 cm³/mol. The molecule has 1 N–H and O–H groups in total. The van der Waals surface area contributed by atoms with Crippen LogP contribution in [0.1, 0.15) is 31.2 Å². The van der Waals surface area contributed by atoms with Crippen LogP contribution in [0.15, 0.2) is 42.7 Å². The molecule has 0 spiro atoms. The molecule has 0 atom stereocenters. The number of aromatic nitrogens is 2. The lowest BCUT2D eigenvalue weighted by Crippen LogP contribution is -2.35. The molecule has 1 fully saturated rings. The van der Waals surface area contributed by atoms with Crippen molar-refractivity contribution >= 4 is 16.9 Å². The number of halogens is 3. The fourth-order valence-electron chi connectivity index (χ4n) is 3.95. The third-order valence-electron chi connectivity index (χ3n) is 5.50.